The van der Waals surface area contributed by atoms with Gasteiger partial charge in [0.1, 0.15) is 11.9 Å². The molecule has 0 aromatic heterocycles. The summed E-state index contributed by atoms with van der Waals surface area (Å²) in [5, 5.41) is 12.6. The number of anilines is 1. The highest BCUT2D eigenvalue weighted by Crippen LogP contribution is 2.31. The molecule has 3 atom stereocenters. The number of amides is 3. The molecule has 1 heterocycles. The average Bonchev–Trinajstić information content (AvgIpc) is 2.68. The number of aliphatic hydroxyl groups is 1. The number of carbonyl (C=O) groups is 2. The molecule has 3 amide bonds. The van der Waals surface area contributed by atoms with Crippen molar-refractivity contribution in [2.24, 2.45) is 5.92 Å². The summed E-state index contributed by atoms with van der Waals surface area (Å²) in [7, 11) is 5.57. The number of rotatable bonds is 6. The molecule has 0 radical (unpaired) electrons. The number of urea groups is 1. The van der Waals surface area contributed by atoms with E-state index < -0.39 is 0 Å². The van der Waals surface area contributed by atoms with Crippen LogP contribution < -0.4 is 15.0 Å². The summed E-state index contributed by atoms with van der Waals surface area (Å²) in [5.41, 5.74) is 1.36. The van der Waals surface area contributed by atoms with Crippen molar-refractivity contribution >= 4 is 17.6 Å². The third kappa shape index (κ3) is 5.56. The molecule has 0 saturated carbocycles. The van der Waals surface area contributed by atoms with Gasteiger partial charge in [0, 0.05) is 45.3 Å². The summed E-state index contributed by atoms with van der Waals surface area (Å²) in [6, 6.07) is 5.09. The monoisotopic (exact) mass is 420 g/mol. The Morgan fingerprint density at radius 1 is 1.30 bits per heavy atom. The van der Waals surface area contributed by atoms with Crippen LogP contribution >= 0.6 is 0 Å². The number of benzene rings is 1. The summed E-state index contributed by atoms with van der Waals surface area (Å²) in [6.45, 7) is 8.35. The third-order valence-electron chi connectivity index (χ3n) is 5.38. The molecule has 8 nitrogen and oxygen atoms in total. The van der Waals surface area contributed by atoms with Crippen molar-refractivity contribution in [3.8, 4) is 5.75 Å². The van der Waals surface area contributed by atoms with Crippen LogP contribution in [0.4, 0.5) is 10.5 Å². The van der Waals surface area contributed by atoms with Crippen LogP contribution in [0.25, 0.3) is 0 Å². The van der Waals surface area contributed by atoms with E-state index >= 15 is 0 Å². The van der Waals surface area contributed by atoms with E-state index in [4.69, 9.17) is 4.74 Å². The molecule has 0 saturated heterocycles. The highest BCUT2D eigenvalue weighted by atomic mass is 16.5. The zero-order chi connectivity index (χ0) is 22.6. The standard InChI is InChI=1S/C22H36N4O4/c1-14(2)23-22(29)25(7)12-20-15(3)11-26(16(4)13-27)21(28)18-10-17(24(5)6)8-9-19(18)30-20/h8-10,14-16,20,27H,11-13H2,1-7H3,(H,23,29)/t15-,16+,20+/m0/s1. The van der Waals surface area contributed by atoms with Gasteiger partial charge >= 0.3 is 6.03 Å². The molecule has 8 heteroatoms. The molecular formula is C22H36N4O4. The second kappa shape index (κ2) is 10.0. The normalized spacial score (nSPS) is 20.0. The van der Waals surface area contributed by atoms with Gasteiger partial charge in [-0.3, -0.25) is 4.79 Å². The second-order valence-electron chi connectivity index (χ2n) is 8.68. The van der Waals surface area contributed by atoms with Gasteiger partial charge in [0.25, 0.3) is 5.91 Å². The van der Waals surface area contributed by atoms with Gasteiger partial charge in [-0.05, 0) is 39.0 Å². The highest BCUT2D eigenvalue weighted by molar-refractivity contribution is 5.98. The summed E-state index contributed by atoms with van der Waals surface area (Å²) in [6.07, 6.45) is -0.307. The summed E-state index contributed by atoms with van der Waals surface area (Å²) in [5.74, 6) is 0.292. The molecule has 1 aromatic rings. The van der Waals surface area contributed by atoms with E-state index in [1.807, 2.05) is 64.9 Å². The lowest BCUT2D eigenvalue weighted by Crippen LogP contribution is -2.51. The van der Waals surface area contributed by atoms with E-state index in [9.17, 15) is 14.7 Å². The number of carbonyl (C=O) groups excluding carboxylic acids is 2. The first-order chi connectivity index (χ1) is 14.0. The average molecular weight is 421 g/mol. The van der Waals surface area contributed by atoms with Crippen LogP contribution in [0.5, 0.6) is 5.75 Å². The minimum absolute atomic E-state index is 0.0410. The number of hydrogen-bond donors (Lipinski definition) is 2. The predicted molar refractivity (Wildman–Crippen MR) is 118 cm³/mol. The van der Waals surface area contributed by atoms with Gasteiger partial charge in [-0.25, -0.2) is 4.79 Å². The number of nitrogens with one attached hydrogen (secondary N) is 1. The first-order valence-corrected chi connectivity index (χ1v) is 10.5. The van der Waals surface area contributed by atoms with E-state index in [2.05, 4.69) is 5.32 Å². The summed E-state index contributed by atoms with van der Waals surface area (Å²) >= 11 is 0. The molecule has 30 heavy (non-hydrogen) atoms. The first-order valence-electron chi connectivity index (χ1n) is 10.5. The zero-order valence-corrected chi connectivity index (χ0v) is 19.2. The van der Waals surface area contributed by atoms with Crippen molar-refractivity contribution in [1.29, 1.82) is 0 Å². The van der Waals surface area contributed by atoms with Gasteiger partial charge < -0.3 is 29.9 Å². The maximum atomic E-state index is 13.3. The molecule has 0 spiro atoms. The van der Waals surface area contributed by atoms with Crippen molar-refractivity contribution in [3.63, 3.8) is 0 Å². The smallest absolute Gasteiger partial charge is 0.317 e. The number of ether oxygens (including phenoxy) is 1. The molecular weight excluding hydrogens is 384 g/mol. The fraction of sp³-hybridized carbons (Fsp3) is 0.636. The van der Waals surface area contributed by atoms with Crippen LogP contribution in [0.3, 0.4) is 0 Å². The van der Waals surface area contributed by atoms with E-state index in [1.54, 1.807) is 16.8 Å². The lowest BCUT2D eigenvalue weighted by Gasteiger charge is -2.38. The van der Waals surface area contributed by atoms with Crippen molar-refractivity contribution in [2.75, 3.05) is 45.7 Å². The third-order valence-corrected chi connectivity index (χ3v) is 5.38. The molecule has 1 aliphatic heterocycles. The number of hydrogen-bond acceptors (Lipinski definition) is 5. The van der Waals surface area contributed by atoms with Crippen LogP contribution in [0.1, 0.15) is 38.1 Å². The van der Waals surface area contributed by atoms with Crippen LogP contribution in [-0.4, -0.2) is 85.9 Å². The van der Waals surface area contributed by atoms with Crippen molar-refractivity contribution < 1.29 is 19.4 Å². The maximum absolute atomic E-state index is 13.3. The highest BCUT2D eigenvalue weighted by Gasteiger charge is 2.34. The molecule has 168 valence electrons. The van der Waals surface area contributed by atoms with Crippen LogP contribution in [0.2, 0.25) is 0 Å². The Hall–Kier alpha value is -2.48. The number of nitrogens with zero attached hydrogens (tertiary/aromatic N) is 3. The van der Waals surface area contributed by atoms with Gasteiger partial charge in [-0.1, -0.05) is 6.92 Å². The maximum Gasteiger partial charge on any atom is 0.317 e. The quantitative estimate of drug-likeness (QED) is 0.736. The Morgan fingerprint density at radius 2 is 1.97 bits per heavy atom. The molecule has 0 fully saturated rings. The Balaban J connectivity index is 2.40. The second-order valence-corrected chi connectivity index (χ2v) is 8.68. The lowest BCUT2D eigenvalue weighted by atomic mass is 9.99. The minimum Gasteiger partial charge on any atom is -0.487 e. The predicted octanol–water partition coefficient (Wildman–Crippen LogP) is 2.02. The molecule has 2 N–H and O–H groups in total. The van der Waals surface area contributed by atoms with E-state index in [-0.39, 0.29) is 42.7 Å². The number of likely N-dealkylation sites (N-methyl/N-ethyl adjacent to an activating group) is 1. The van der Waals surface area contributed by atoms with Gasteiger partial charge in [0.2, 0.25) is 0 Å². The Kier molecular flexibility index (Phi) is 7.95. The fourth-order valence-corrected chi connectivity index (χ4v) is 3.42. The molecule has 1 aromatic carbocycles. The largest absolute Gasteiger partial charge is 0.487 e. The number of aliphatic hydroxyl groups excluding tert-OH is 1. The SMILES string of the molecule is CC(C)NC(=O)N(C)C[C@H]1Oc2ccc(N(C)C)cc2C(=O)N([C@H](C)CO)C[C@@H]1C. The molecule has 1 aliphatic rings. The van der Waals surface area contributed by atoms with Crippen molar-refractivity contribution in [2.45, 2.75) is 45.9 Å². The molecule has 2 rings (SSSR count). The van der Waals surface area contributed by atoms with E-state index in [0.717, 1.165) is 5.69 Å². The van der Waals surface area contributed by atoms with Gasteiger partial charge in [0.15, 0.2) is 0 Å². The minimum atomic E-state index is -0.323. The van der Waals surface area contributed by atoms with E-state index in [0.29, 0.717) is 24.4 Å². The first kappa shape index (κ1) is 23.8. The fourth-order valence-electron chi connectivity index (χ4n) is 3.42. The van der Waals surface area contributed by atoms with Crippen molar-refractivity contribution in [3.05, 3.63) is 23.8 Å². The Bertz CT molecular complexity index is 753. The Labute approximate surface area is 179 Å². The van der Waals surface area contributed by atoms with Gasteiger partial charge in [-0.2, -0.15) is 0 Å². The summed E-state index contributed by atoms with van der Waals surface area (Å²) in [4.78, 5) is 30.9. The Morgan fingerprint density at radius 3 is 2.53 bits per heavy atom. The van der Waals surface area contributed by atoms with Gasteiger partial charge in [-0.15, -0.1) is 0 Å². The molecule has 0 aliphatic carbocycles. The zero-order valence-electron chi connectivity index (χ0n) is 19.2. The lowest BCUT2D eigenvalue weighted by molar-refractivity contribution is 0.0366. The molecule has 0 bridgehead atoms. The van der Waals surface area contributed by atoms with Crippen LogP contribution in [0.15, 0.2) is 18.2 Å². The topological polar surface area (TPSA) is 85.4 Å². The summed E-state index contributed by atoms with van der Waals surface area (Å²) < 4.78 is 6.29. The van der Waals surface area contributed by atoms with Crippen molar-refractivity contribution in [1.82, 2.24) is 15.1 Å². The van der Waals surface area contributed by atoms with Crippen LogP contribution in [0, 0.1) is 5.92 Å². The molecule has 0 unspecified atom stereocenters. The van der Waals surface area contributed by atoms with Gasteiger partial charge in [0.05, 0.1) is 24.8 Å². The van der Waals surface area contributed by atoms with E-state index in [1.165, 1.54) is 0 Å². The number of fused-ring (bicyclic) bond motifs is 1. The van der Waals surface area contributed by atoms with Crippen LogP contribution in [-0.2, 0) is 0 Å².